The predicted octanol–water partition coefficient (Wildman–Crippen LogP) is 1.40. The summed E-state index contributed by atoms with van der Waals surface area (Å²) in [5, 5.41) is 0. The summed E-state index contributed by atoms with van der Waals surface area (Å²) in [5.74, 6) is 0.0982. The van der Waals surface area contributed by atoms with Crippen LogP contribution in [0.1, 0.15) is 0 Å². The van der Waals surface area contributed by atoms with Crippen molar-refractivity contribution >= 4 is 11.2 Å². The van der Waals surface area contributed by atoms with Gasteiger partial charge in [-0.2, -0.15) is 0 Å². The van der Waals surface area contributed by atoms with E-state index in [2.05, 4.69) is 0 Å². The maximum absolute atomic E-state index is 10.9. The molecule has 0 saturated carbocycles. The zero-order valence-corrected chi connectivity index (χ0v) is 7.70. The number of rotatable bonds is 2. The van der Waals surface area contributed by atoms with Crippen molar-refractivity contribution in [2.24, 2.45) is 0 Å². The molecular formula is C9H8O5. The lowest BCUT2D eigenvalue weighted by molar-refractivity contribution is 0.384. The summed E-state index contributed by atoms with van der Waals surface area (Å²) in [5.41, 5.74) is 0.522. The van der Waals surface area contributed by atoms with Crippen molar-refractivity contribution in [1.82, 2.24) is 0 Å². The summed E-state index contributed by atoms with van der Waals surface area (Å²) >= 11 is 0. The topological polar surface area (TPSA) is 61.8 Å². The Morgan fingerprint density at radius 3 is 1.79 bits per heavy atom. The molecular weight excluding hydrogens is 188 g/mol. The molecule has 0 bridgehead atoms. The van der Waals surface area contributed by atoms with Gasteiger partial charge < -0.3 is 18.3 Å². The van der Waals surface area contributed by atoms with Crippen LogP contribution in [0.2, 0.25) is 0 Å². The van der Waals surface area contributed by atoms with Crippen LogP contribution in [0.3, 0.4) is 0 Å². The van der Waals surface area contributed by atoms with E-state index >= 15 is 0 Å². The molecule has 0 atom stereocenters. The van der Waals surface area contributed by atoms with Crippen molar-refractivity contribution in [1.29, 1.82) is 0 Å². The molecule has 1 aromatic carbocycles. The van der Waals surface area contributed by atoms with E-state index in [4.69, 9.17) is 18.3 Å². The molecule has 2 rings (SSSR count). The lowest BCUT2D eigenvalue weighted by Gasteiger charge is -2.01. The van der Waals surface area contributed by atoms with E-state index < -0.39 is 5.82 Å². The first-order valence-corrected chi connectivity index (χ1v) is 3.91. The van der Waals surface area contributed by atoms with Gasteiger partial charge in [-0.15, -0.1) is 0 Å². The molecule has 0 amide bonds. The number of hydrogen-bond donors (Lipinski definition) is 0. The number of benzene rings is 1. The Morgan fingerprint density at radius 1 is 1.00 bits per heavy atom. The van der Waals surface area contributed by atoms with Gasteiger partial charge in [0.2, 0.25) is 11.2 Å². The first-order valence-electron chi connectivity index (χ1n) is 3.91. The first kappa shape index (κ1) is 8.68. The van der Waals surface area contributed by atoms with Gasteiger partial charge in [-0.25, -0.2) is 4.79 Å². The summed E-state index contributed by atoms with van der Waals surface area (Å²) in [6, 6.07) is 3.28. The van der Waals surface area contributed by atoms with Gasteiger partial charge in [-0.3, -0.25) is 0 Å². The largest absolute Gasteiger partial charge is 0.519 e. The van der Waals surface area contributed by atoms with Crippen molar-refractivity contribution in [2.45, 2.75) is 0 Å². The number of fused-ring (bicyclic) bond motifs is 1. The Kier molecular flexibility index (Phi) is 1.92. The van der Waals surface area contributed by atoms with Crippen LogP contribution in [0.5, 0.6) is 11.5 Å². The highest BCUT2D eigenvalue weighted by atomic mass is 16.6. The second kappa shape index (κ2) is 3.10. The Bertz CT molecular complexity index is 463. The third-order valence-corrected chi connectivity index (χ3v) is 1.85. The summed E-state index contributed by atoms with van der Waals surface area (Å²) in [6.45, 7) is 0. The van der Waals surface area contributed by atoms with E-state index in [1.54, 1.807) is 12.1 Å². The van der Waals surface area contributed by atoms with Crippen LogP contribution in [0, 0.1) is 0 Å². The minimum absolute atomic E-state index is 0.261. The minimum atomic E-state index is -0.775. The molecule has 0 unspecified atom stereocenters. The molecule has 74 valence electrons. The lowest BCUT2D eigenvalue weighted by atomic mass is 10.3. The molecule has 14 heavy (non-hydrogen) atoms. The Balaban J connectivity index is 2.84. The maximum Gasteiger partial charge on any atom is 0.519 e. The summed E-state index contributed by atoms with van der Waals surface area (Å²) in [4.78, 5) is 10.9. The molecule has 0 saturated heterocycles. The van der Waals surface area contributed by atoms with Gasteiger partial charge in [0.1, 0.15) is 0 Å². The maximum atomic E-state index is 10.9. The van der Waals surface area contributed by atoms with Crippen LogP contribution < -0.4 is 15.3 Å². The monoisotopic (exact) mass is 196 g/mol. The molecule has 5 nitrogen and oxygen atoms in total. The zero-order valence-electron chi connectivity index (χ0n) is 7.70. The van der Waals surface area contributed by atoms with Gasteiger partial charge in [0.05, 0.1) is 14.2 Å². The third-order valence-electron chi connectivity index (χ3n) is 1.85. The van der Waals surface area contributed by atoms with Crippen LogP contribution in [0.15, 0.2) is 25.8 Å². The van der Waals surface area contributed by atoms with Gasteiger partial charge in [-0.1, -0.05) is 0 Å². The van der Waals surface area contributed by atoms with E-state index in [-0.39, 0.29) is 11.2 Å². The molecule has 0 aliphatic carbocycles. The number of methoxy groups -OCH3 is 2. The minimum Gasteiger partial charge on any atom is -0.493 e. The molecule has 0 spiro atoms. The standard InChI is InChI=1S/C9H8O5/c1-11-5-3-4-6(12-2)8-7(5)13-9(10)14-8/h3-4H,1-2H3. The van der Waals surface area contributed by atoms with Gasteiger partial charge in [-0.05, 0) is 12.1 Å². The highest BCUT2D eigenvalue weighted by molar-refractivity contribution is 5.83. The molecule has 2 aromatic rings. The quantitative estimate of drug-likeness (QED) is 0.726. The number of hydrogen-bond acceptors (Lipinski definition) is 5. The summed E-state index contributed by atoms with van der Waals surface area (Å²) < 4.78 is 19.6. The van der Waals surface area contributed by atoms with Gasteiger partial charge in [0.15, 0.2) is 11.5 Å². The average molecular weight is 196 g/mol. The number of ether oxygens (including phenoxy) is 2. The zero-order chi connectivity index (χ0) is 10.1. The molecule has 0 fully saturated rings. The molecule has 5 heteroatoms. The molecule has 0 radical (unpaired) electrons. The second-order valence-electron chi connectivity index (χ2n) is 2.58. The van der Waals surface area contributed by atoms with Crippen LogP contribution in [-0.2, 0) is 0 Å². The molecule has 1 aromatic heterocycles. The SMILES string of the molecule is COc1ccc(OC)c2oc(=O)oc12. The first-order chi connectivity index (χ1) is 6.76. The average Bonchev–Trinajstić information content (AvgIpc) is 2.57. The van der Waals surface area contributed by atoms with Crippen LogP contribution in [-0.4, -0.2) is 14.2 Å². The Morgan fingerprint density at radius 2 is 1.43 bits per heavy atom. The van der Waals surface area contributed by atoms with Crippen molar-refractivity contribution in [3.05, 3.63) is 22.7 Å². The van der Waals surface area contributed by atoms with Crippen molar-refractivity contribution in [3.63, 3.8) is 0 Å². The summed E-state index contributed by atoms with van der Waals surface area (Å²) in [6.07, 6.45) is 0. The van der Waals surface area contributed by atoms with Crippen molar-refractivity contribution < 1.29 is 18.3 Å². The molecule has 0 N–H and O–H groups in total. The fourth-order valence-electron chi connectivity index (χ4n) is 1.23. The van der Waals surface area contributed by atoms with Gasteiger partial charge in [0.25, 0.3) is 0 Å². The van der Waals surface area contributed by atoms with Gasteiger partial charge >= 0.3 is 5.82 Å². The van der Waals surface area contributed by atoms with Gasteiger partial charge in [0, 0.05) is 0 Å². The van der Waals surface area contributed by atoms with Crippen LogP contribution in [0.4, 0.5) is 0 Å². The third kappa shape index (κ3) is 1.14. The van der Waals surface area contributed by atoms with E-state index in [0.717, 1.165) is 0 Å². The summed E-state index contributed by atoms with van der Waals surface area (Å²) in [7, 11) is 2.96. The Hall–Kier alpha value is -1.91. The van der Waals surface area contributed by atoms with E-state index in [1.165, 1.54) is 14.2 Å². The highest BCUT2D eigenvalue weighted by Gasteiger charge is 2.14. The normalized spacial score (nSPS) is 10.4. The molecule has 0 aliphatic heterocycles. The second-order valence-corrected chi connectivity index (χ2v) is 2.58. The van der Waals surface area contributed by atoms with Crippen molar-refractivity contribution in [3.8, 4) is 11.5 Å². The highest BCUT2D eigenvalue weighted by Crippen LogP contribution is 2.31. The van der Waals surface area contributed by atoms with Crippen LogP contribution in [0.25, 0.3) is 11.2 Å². The van der Waals surface area contributed by atoms with E-state index in [1.807, 2.05) is 0 Å². The smallest absolute Gasteiger partial charge is 0.493 e. The Labute approximate surface area is 78.8 Å². The predicted molar refractivity (Wildman–Crippen MR) is 47.9 cm³/mol. The van der Waals surface area contributed by atoms with E-state index in [9.17, 15) is 4.79 Å². The van der Waals surface area contributed by atoms with Crippen molar-refractivity contribution in [2.75, 3.05) is 14.2 Å². The fourth-order valence-corrected chi connectivity index (χ4v) is 1.23. The van der Waals surface area contributed by atoms with Crippen LogP contribution >= 0.6 is 0 Å². The fraction of sp³-hybridized carbons (Fsp3) is 0.222. The van der Waals surface area contributed by atoms with E-state index in [0.29, 0.717) is 11.5 Å². The lowest BCUT2D eigenvalue weighted by Crippen LogP contribution is -1.86. The molecule has 1 heterocycles. The molecule has 0 aliphatic rings.